The maximum Gasteiger partial charge on any atom is 0.310 e. The van der Waals surface area contributed by atoms with Gasteiger partial charge in [0.05, 0.1) is 18.6 Å². The van der Waals surface area contributed by atoms with Crippen molar-refractivity contribution in [1.29, 1.82) is 5.26 Å². The minimum atomic E-state index is -2.73. The van der Waals surface area contributed by atoms with Crippen molar-refractivity contribution >= 4 is 18.6 Å². The molecule has 0 N–H and O–H groups in total. The maximum atomic E-state index is 12.8. The van der Waals surface area contributed by atoms with Crippen LogP contribution in [0.2, 0.25) is 0 Å². The normalized spacial score (nSPS) is 10.2. The van der Waals surface area contributed by atoms with Gasteiger partial charge < -0.3 is 4.74 Å². The second-order valence-corrected chi connectivity index (χ2v) is 3.94. The molecule has 1 rings (SSSR count). The lowest BCUT2D eigenvalue weighted by Crippen LogP contribution is -2.10. The highest BCUT2D eigenvalue weighted by atomic mass is 32.1. The van der Waals surface area contributed by atoms with Crippen molar-refractivity contribution in [2.24, 2.45) is 0 Å². The van der Waals surface area contributed by atoms with E-state index in [-0.39, 0.29) is 34.6 Å². The number of benzene rings is 1. The minimum Gasteiger partial charge on any atom is -0.466 e. The predicted octanol–water partition coefficient (Wildman–Crippen LogP) is 2.89. The second-order valence-electron chi connectivity index (χ2n) is 3.46. The fourth-order valence-electron chi connectivity index (χ4n) is 1.46. The summed E-state index contributed by atoms with van der Waals surface area (Å²) in [5.74, 6) is -0.602. The Balaban J connectivity index is 3.15. The van der Waals surface area contributed by atoms with Crippen molar-refractivity contribution < 1.29 is 18.3 Å². The van der Waals surface area contributed by atoms with Gasteiger partial charge in [-0.2, -0.15) is 5.26 Å². The molecule has 0 fully saturated rings. The second kappa shape index (κ2) is 6.36. The quantitative estimate of drug-likeness (QED) is 0.676. The Labute approximate surface area is 109 Å². The van der Waals surface area contributed by atoms with E-state index >= 15 is 0 Å². The first-order valence-corrected chi connectivity index (χ1v) is 5.64. The molecule has 0 aliphatic heterocycles. The molecule has 1 aromatic rings. The van der Waals surface area contributed by atoms with E-state index in [1.165, 1.54) is 6.07 Å². The number of thiol groups is 1. The van der Waals surface area contributed by atoms with E-state index in [9.17, 15) is 13.6 Å². The zero-order chi connectivity index (χ0) is 13.7. The van der Waals surface area contributed by atoms with Crippen LogP contribution >= 0.6 is 12.6 Å². The molecule has 0 saturated carbocycles. The lowest BCUT2D eigenvalue weighted by atomic mass is 10.0. The number of hydrogen-bond donors (Lipinski definition) is 1. The summed E-state index contributed by atoms with van der Waals surface area (Å²) in [4.78, 5) is 11.5. The molecule has 1 aromatic carbocycles. The number of esters is 1. The molecule has 0 unspecified atom stereocenters. The summed E-state index contributed by atoms with van der Waals surface area (Å²) in [7, 11) is 0. The molecule has 0 saturated heterocycles. The fourth-order valence-corrected chi connectivity index (χ4v) is 1.72. The number of hydrogen-bond acceptors (Lipinski definition) is 4. The Kier molecular flexibility index (Phi) is 5.10. The van der Waals surface area contributed by atoms with Gasteiger partial charge in [0.25, 0.3) is 6.43 Å². The number of alkyl halides is 2. The smallest absolute Gasteiger partial charge is 0.310 e. The highest BCUT2D eigenvalue weighted by molar-refractivity contribution is 7.80. The summed E-state index contributed by atoms with van der Waals surface area (Å²) >= 11 is 3.95. The molecule has 0 aliphatic rings. The van der Waals surface area contributed by atoms with Crippen molar-refractivity contribution in [1.82, 2.24) is 0 Å². The first-order valence-electron chi connectivity index (χ1n) is 5.19. The predicted molar refractivity (Wildman–Crippen MR) is 63.7 cm³/mol. The van der Waals surface area contributed by atoms with Crippen molar-refractivity contribution in [3.63, 3.8) is 0 Å². The number of carbonyl (C=O) groups excluding carboxylic acids is 1. The molecule has 0 bridgehead atoms. The van der Waals surface area contributed by atoms with E-state index in [2.05, 4.69) is 12.6 Å². The molecule has 96 valence electrons. The molecule has 0 radical (unpaired) electrons. The molecule has 6 heteroatoms. The van der Waals surface area contributed by atoms with Crippen molar-refractivity contribution in [3.8, 4) is 6.07 Å². The first-order chi connectivity index (χ1) is 8.49. The van der Waals surface area contributed by atoms with Crippen molar-refractivity contribution in [2.45, 2.75) is 24.7 Å². The standard InChI is InChI=1S/C12H11F2NO2S/c1-2-17-11(16)4-7-3-8(6-15)10(18)5-9(7)12(13)14/h3,5,12,18H,2,4H2,1H3. The zero-order valence-electron chi connectivity index (χ0n) is 9.61. The number of nitrogens with zero attached hydrogens (tertiary/aromatic N) is 1. The topological polar surface area (TPSA) is 50.1 Å². The molecular formula is C12H11F2NO2S. The summed E-state index contributed by atoms with van der Waals surface area (Å²) in [5.41, 5.74) is -0.0492. The Morgan fingerprint density at radius 2 is 2.22 bits per heavy atom. The average Bonchev–Trinajstić information content (AvgIpc) is 2.30. The van der Waals surface area contributed by atoms with E-state index in [1.54, 1.807) is 6.92 Å². The van der Waals surface area contributed by atoms with Gasteiger partial charge in [0.2, 0.25) is 0 Å². The van der Waals surface area contributed by atoms with Crippen LogP contribution in [0.4, 0.5) is 8.78 Å². The van der Waals surface area contributed by atoms with E-state index in [1.807, 2.05) is 6.07 Å². The van der Waals surface area contributed by atoms with Crippen LogP contribution < -0.4 is 0 Å². The molecule has 3 nitrogen and oxygen atoms in total. The summed E-state index contributed by atoms with van der Waals surface area (Å²) < 4.78 is 30.3. The Morgan fingerprint density at radius 1 is 1.56 bits per heavy atom. The number of halogens is 2. The minimum absolute atomic E-state index is 0.0952. The fraction of sp³-hybridized carbons (Fsp3) is 0.333. The number of nitriles is 1. The lowest BCUT2D eigenvalue weighted by Gasteiger charge is -2.10. The van der Waals surface area contributed by atoms with Gasteiger partial charge in [-0.05, 0) is 24.6 Å². The van der Waals surface area contributed by atoms with Crippen LogP contribution in [0.1, 0.15) is 30.0 Å². The van der Waals surface area contributed by atoms with Crippen LogP contribution in [0.15, 0.2) is 17.0 Å². The van der Waals surface area contributed by atoms with Crippen LogP contribution in [0, 0.1) is 11.3 Å². The highest BCUT2D eigenvalue weighted by Crippen LogP contribution is 2.28. The summed E-state index contributed by atoms with van der Waals surface area (Å²) in [6.07, 6.45) is -3.01. The number of ether oxygens (including phenoxy) is 1. The Bertz CT molecular complexity index is 498. The largest absolute Gasteiger partial charge is 0.466 e. The summed E-state index contributed by atoms with van der Waals surface area (Å²) in [6, 6.07) is 4.20. The van der Waals surface area contributed by atoms with E-state index < -0.39 is 12.4 Å². The molecule has 0 spiro atoms. The third-order valence-corrected chi connectivity index (χ3v) is 2.62. The van der Waals surface area contributed by atoms with Crippen LogP contribution in [0.3, 0.4) is 0 Å². The van der Waals surface area contributed by atoms with Crippen LogP contribution in [0.5, 0.6) is 0 Å². The van der Waals surface area contributed by atoms with E-state index in [4.69, 9.17) is 10.00 Å². The summed E-state index contributed by atoms with van der Waals surface area (Å²) in [5, 5.41) is 8.81. The molecule has 0 amide bonds. The molecular weight excluding hydrogens is 260 g/mol. The third kappa shape index (κ3) is 3.44. The van der Waals surface area contributed by atoms with E-state index in [0.29, 0.717) is 0 Å². The SMILES string of the molecule is CCOC(=O)Cc1cc(C#N)c(S)cc1C(F)F. The monoisotopic (exact) mass is 271 g/mol. The highest BCUT2D eigenvalue weighted by Gasteiger charge is 2.18. The lowest BCUT2D eigenvalue weighted by molar-refractivity contribution is -0.142. The molecule has 0 aliphatic carbocycles. The van der Waals surface area contributed by atoms with Crippen molar-refractivity contribution in [3.05, 3.63) is 28.8 Å². The van der Waals surface area contributed by atoms with Crippen LogP contribution in [0.25, 0.3) is 0 Å². The number of carbonyl (C=O) groups is 1. The molecule has 18 heavy (non-hydrogen) atoms. The van der Waals surface area contributed by atoms with Gasteiger partial charge in [-0.25, -0.2) is 8.78 Å². The van der Waals surface area contributed by atoms with Crippen LogP contribution in [-0.2, 0) is 16.0 Å². The third-order valence-electron chi connectivity index (χ3n) is 2.25. The van der Waals surface area contributed by atoms with Gasteiger partial charge in [0.1, 0.15) is 6.07 Å². The number of rotatable bonds is 4. The summed E-state index contributed by atoms with van der Waals surface area (Å²) in [6.45, 7) is 1.81. The van der Waals surface area contributed by atoms with Gasteiger partial charge in [0.15, 0.2) is 0 Å². The molecule has 0 heterocycles. The van der Waals surface area contributed by atoms with Gasteiger partial charge in [0, 0.05) is 10.5 Å². The Hall–Kier alpha value is -1.61. The molecule has 0 atom stereocenters. The molecule has 0 aromatic heterocycles. The average molecular weight is 271 g/mol. The van der Waals surface area contributed by atoms with Crippen molar-refractivity contribution in [2.75, 3.05) is 6.61 Å². The zero-order valence-corrected chi connectivity index (χ0v) is 10.5. The van der Waals surface area contributed by atoms with Gasteiger partial charge in [-0.1, -0.05) is 0 Å². The van der Waals surface area contributed by atoms with Gasteiger partial charge >= 0.3 is 5.97 Å². The Morgan fingerprint density at radius 3 is 2.72 bits per heavy atom. The van der Waals surface area contributed by atoms with Gasteiger partial charge in [-0.15, -0.1) is 12.6 Å². The van der Waals surface area contributed by atoms with Crippen LogP contribution in [-0.4, -0.2) is 12.6 Å². The van der Waals surface area contributed by atoms with E-state index in [0.717, 1.165) is 6.07 Å². The first kappa shape index (κ1) is 14.5. The maximum absolute atomic E-state index is 12.8. The van der Waals surface area contributed by atoms with Gasteiger partial charge in [-0.3, -0.25) is 4.79 Å².